The van der Waals surface area contributed by atoms with Crippen molar-refractivity contribution in [2.75, 3.05) is 32.1 Å². The number of amides is 2. The van der Waals surface area contributed by atoms with Gasteiger partial charge in [-0.3, -0.25) is 14.3 Å². The molecule has 0 bridgehead atoms. The van der Waals surface area contributed by atoms with Crippen LogP contribution >= 0.6 is 0 Å². The van der Waals surface area contributed by atoms with Crippen molar-refractivity contribution in [3.63, 3.8) is 0 Å². The van der Waals surface area contributed by atoms with Gasteiger partial charge in [0.1, 0.15) is 11.8 Å². The van der Waals surface area contributed by atoms with E-state index in [1.54, 1.807) is 61.7 Å². The Hall–Kier alpha value is -3.75. The van der Waals surface area contributed by atoms with Crippen molar-refractivity contribution in [2.45, 2.75) is 37.9 Å². The Bertz CT molecular complexity index is 1520. The predicted octanol–water partition coefficient (Wildman–Crippen LogP) is 1.26. The third-order valence-electron chi connectivity index (χ3n) is 6.97. The summed E-state index contributed by atoms with van der Waals surface area (Å²) in [6.07, 6.45) is 2.10. The van der Waals surface area contributed by atoms with Crippen LogP contribution in [0.4, 0.5) is 5.69 Å². The van der Waals surface area contributed by atoms with Crippen molar-refractivity contribution in [1.29, 1.82) is 0 Å². The number of carbonyl (C=O) groups excluding carboxylic acids is 2. The van der Waals surface area contributed by atoms with Gasteiger partial charge in [0.25, 0.3) is 21.8 Å². The van der Waals surface area contributed by atoms with E-state index in [1.165, 1.54) is 28.6 Å². The highest BCUT2D eigenvalue weighted by Crippen LogP contribution is 2.35. The lowest BCUT2D eigenvalue weighted by molar-refractivity contribution is 0.0388. The van der Waals surface area contributed by atoms with Gasteiger partial charge in [0, 0.05) is 39.8 Å². The molecule has 2 aromatic heterocycles. The number of benzene rings is 1. The second-order valence-electron chi connectivity index (χ2n) is 10.2. The van der Waals surface area contributed by atoms with E-state index in [4.69, 9.17) is 4.74 Å². The highest BCUT2D eigenvalue weighted by molar-refractivity contribution is 7.89. The molecule has 13 nitrogen and oxygen atoms in total. The zero-order chi connectivity index (χ0) is 29.4. The van der Waals surface area contributed by atoms with Crippen molar-refractivity contribution in [3.8, 4) is 5.75 Å². The first-order valence-corrected chi connectivity index (χ1v) is 14.2. The summed E-state index contributed by atoms with van der Waals surface area (Å²) in [5.41, 5.74) is 1.42. The first-order valence-electron chi connectivity index (χ1n) is 12.8. The molecule has 3 atom stereocenters. The molecule has 2 amide bonds. The molecule has 14 heteroatoms. The molecule has 0 fully saturated rings. The van der Waals surface area contributed by atoms with Crippen molar-refractivity contribution < 1.29 is 27.9 Å². The summed E-state index contributed by atoms with van der Waals surface area (Å²) in [7, 11) is 0.845. The molecule has 3 heterocycles. The SMILES string of the molecule is Cc1cc(C(=O)Nc2cccc3c2O[C@H](CN(C)S(=O)(=O)c2cn(C)cn2)[C@@H](C)CN([C@@H](C)CO)C3=O)n(C)n1. The van der Waals surface area contributed by atoms with Gasteiger partial charge in [-0.2, -0.15) is 9.40 Å². The fourth-order valence-electron chi connectivity index (χ4n) is 4.60. The fourth-order valence-corrected chi connectivity index (χ4v) is 5.74. The van der Waals surface area contributed by atoms with Crippen molar-refractivity contribution in [3.05, 3.63) is 53.7 Å². The van der Waals surface area contributed by atoms with E-state index in [9.17, 15) is 23.1 Å². The van der Waals surface area contributed by atoms with Gasteiger partial charge < -0.3 is 24.6 Å². The summed E-state index contributed by atoms with van der Waals surface area (Å²) >= 11 is 0. The summed E-state index contributed by atoms with van der Waals surface area (Å²) in [5, 5.41) is 16.8. The average molecular weight is 574 g/mol. The molecule has 3 aromatic rings. The number of nitrogens with one attached hydrogen (secondary N) is 1. The van der Waals surface area contributed by atoms with Crippen LogP contribution in [-0.4, -0.2) is 92.8 Å². The standard InChI is InChI=1S/C26H35N7O6S/c1-16-11-33(18(3)14-34)26(36)19-8-7-9-20(28-25(35)21-10-17(2)29-32(21)6)24(19)39-22(16)12-31(5)40(37,38)23-13-30(4)15-27-23/h7-10,13,15-16,18,22,34H,11-12,14H2,1-6H3,(H,28,35)/t16-,18-,22+/m0/s1. The number of aliphatic hydroxyl groups excluding tert-OH is 1. The van der Waals surface area contributed by atoms with Crippen LogP contribution in [0.3, 0.4) is 0 Å². The molecule has 1 aromatic carbocycles. The third kappa shape index (κ3) is 5.74. The number of anilines is 1. The van der Waals surface area contributed by atoms with Crippen molar-refractivity contribution in [2.24, 2.45) is 20.0 Å². The Labute approximate surface area is 233 Å². The maximum atomic E-state index is 13.7. The zero-order valence-electron chi connectivity index (χ0n) is 23.4. The third-order valence-corrected chi connectivity index (χ3v) is 8.68. The Morgan fingerprint density at radius 2 is 2.05 bits per heavy atom. The first-order chi connectivity index (χ1) is 18.8. The van der Waals surface area contributed by atoms with E-state index in [1.807, 2.05) is 6.92 Å². The summed E-state index contributed by atoms with van der Waals surface area (Å²) < 4.78 is 37.0. The number of carbonyl (C=O) groups is 2. The van der Waals surface area contributed by atoms with Gasteiger partial charge in [0.15, 0.2) is 10.8 Å². The maximum absolute atomic E-state index is 13.7. The molecule has 0 saturated carbocycles. The summed E-state index contributed by atoms with van der Waals surface area (Å²) in [4.78, 5) is 32.3. The molecule has 2 N–H and O–H groups in total. The quantitative estimate of drug-likeness (QED) is 0.409. The number of hydrogen-bond acceptors (Lipinski definition) is 8. The molecule has 0 radical (unpaired) electrons. The molecule has 0 aliphatic carbocycles. The number of fused-ring (bicyclic) bond motifs is 1. The van der Waals surface area contributed by atoms with E-state index in [-0.39, 0.29) is 53.5 Å². The molecule has 0 spiro atoms. The highest BCUT2D eigenvalue weighted by Gasteiger charge is 2.36. The van der Waals surface area contributed by atoms with Gasteiger partial charge in [0.05, 0.1) is 42.5 Å². The zero-order valence-corrected chi connectivity index (χ0v) is 24.2. The van der Waals surface area contributed by atoms with Crippen LogP contribution in [0.25, 0.3) is 0 Å². The number of hydrogen-bond donors (Lipinski definition) is 2. The van der Waals surface area contributed by atoms with Crippen LogP contribution in [0.5, 0.6) is 5.75 Å². The number of aromatic nitrogens is 4. The second kappa shape index (κ2) is 11.4. The topological polar surface area (TPSA) is 152 Å². The lowest BCUT2D eigenvalue weighted by Gasteiger charge is -2.38. The first kappa shape index (κ1) is 29.2. The van der Waals surface area contributed by atoms with Crippen LogP contribution in [0.2, 0.25) is 0 Å². The number of likely N-dealkylation sites (N-methyl/N-ethyl adjacent to an activating group) is 1. The van der Waals surface area contributed by atoms with E-state index < -0.39 is 28.1 Å². The highest BCUT2D eigenvalue weighted by atomic mass is 32.2. The van der Waals surface area contributed by atoms with E-state index in [0.717, 1.165) is 0 Å². The minimum atomic E-state index is -3.93. The minimum Gasteiger partial charge on any atom is -0.486 e. The monoisotopic (exact) mass is 573 g/mol. The smallest absolute Gasteiger partial charge is 0.274 e. The second-order valence-corrected chi connectivity index (χ2v) is 12.2. The molecule has 4 rings (SSSR count). The normalized spacial score (nSPS) is 18.6. The van der Waals surface area contributed by atoms with Crippen LogP contribution < -0.4 is 10.1 Å². The lowest BCUT2D eigenvalue weighted by atomic mass is 9.99. The molecule has 0 unspecified atom stereocenters. The molecular formula is C26H35N7O6S. The summed E-state index contributed by atoms with van der Waals surface area (Å²) in [6, 6.07) is 5.96. The summed E-state index contributed by atoms with van der Waals surface area (Å²) in [6.45, 7) is 5.25. The lowest BCUT2D eigenvalue weighted by Crippen LogP contribution is -2.50. The van der Waals surface area contributed by atoms with Gasteiger partial charge >= 0.3 is 0 Å². The molecular weight excluding hydrogens is 538 g/mol. The Balaban J connectivity index is 1.74. The average Bonchev–Trinajstić information content (AvgIpc) is 3.50. The van der Waals surface area contributed by atoms with Crippen LogP contribution in [0.1, 0.15) is 40.4 Å². The van der Waals surface area contributed by atoms with Gasteiger partial charge in [-0.05, 0) is 32.0 Å². The predicted molar refractivity (Wildman–Crippen MR) is 147 cm³/mol. The largest absolute Gasteiger partial charge is 0.486 e. The molecule has 1 aliphatic rings. The van der Waals surface area contributed by atoms with Gasteiger partial charge in [-0.15, -0.1) is 0 Å². The van der Waals surface area contributed by atoms with Crippen molar-refractivity contribution in [1.82, 2.24) is 28.5 Å². The number of aryl methyl sites for hydroxylation is 3. The van der Waals surface area contributed by atoms with Gasteiger partial charge in [-0.1, -0.05) is 13.0 Å². The van der Waals surface area contributed by atoms with Gasteiger partial charge in [-0.25, -0.2) is 13.4 Å². The molecule has 1 aliphatic heterocycles. The van der Waals surface area contributed by atoms with Crippen LogP contribution in [0.15, 0.2) is 41.8 Å². The Kier molecular flexibility index (Phi) is 8.33. The number of para-hydroxylation sites is 1. The molecule has 0 saturated heterocycles. The molecule has 216 valence electrons. The maximum Gasteiger partial charge on any atom is 0.274 e. The van der Waals surface area contributed by atoms with Crippen molar-refractivity contribution >= 4 is 27.5 Å². The number of nitrogens with zero attached hydrogens (tertiary/aromatic N) is 6. The Morgan fingerprint density at radius 1 is 1.32 bits per heavy atom. The number of aliphatic hydroxyl groups is 1. The van der Waals surface area contributed by atoms with E-state index in [0.29, 0.717) is 11.4 Å². The van der Waals surface area contributed by atoms with E-state index >= 15 is 0 Å². The summed E-state index contributed by atoms with van der Waals surface area (Å²) in [5.74, 6) is -1.05. The number of sulfonamides is 1. The number of imidazole rings is 1. The van der Waals surface area contributed by atoms with Crippen LogP contribution in [0, 0.1) is 12.8 Å². The van der Waals surface area contributed by atoms with Crippen LogP contribution in [-0.2, 0) is 24.1 Å². The fraction of sp³-hybridized carbons (Fsp3) is 0.462. The van der Waals surface area contributed by atoms with Gasteiger partial charge in [0.2, 0.25) is 0 Å². The minimum absolute atomic E-state index is 0.0573. The van der Waals surface area contributed by atoms with E-state index in [2.05, 4.69) is 15.4 Å². The number of ether oxygens (including phenoxy) is 1. The Morgan fingerprint density at radius 3 is 2.65 bits per heavy atom. The molecule has 40 heavy (non-hydrogen) atoms. The number of rotatable bonds is 8.